The minimum absolute atomic E-state index is 1.01. The minimum atomic E-state index is 1.01. The fourth-order valence-corrected chi connectivity index (χ4v) is 4.36. The molecule has 0 aromatic heterocycles. The van der Waals surface area contributed by atoms with Crippen LogP contribution in [0.15, 0.2) is 71.2 Å². The fourth-order valence-electron chi connectivity index (χ4n) is 3.85. The van der Waals surface area contributed by atoms with Gasteiger partial charge in [0.1, 0.15) is 0 Å². The highest BCUT2D eigenvalue weighted by Crippen LogP contribution is 2.47. The molecule has 0 atom stereocenters. The lowest BCUT2D eigenvalue weighted by molar-refractivity contribution is 1.27. The summed E-state index contributed by atoms with van der Waals surface area (Å²) in [6.07, 6.45) is 1.01. The molecule has 0 radical (unpaired) electrons. The lowest BCUT2D eigenvalue weighted by atomic mass is 9.92. The zero-order valence-electron chi connectivity index (χ0n) is 11.9. The number of fused-ring (bicyclic) bond motifs is 8. The molecule has 104 valence electrons. The van der Waals surface area contributed by atoms with E-state index in [9.17, 15) is 0 Å². The van der Waals surface area contributed by atoms with Crippen molar-refractivity contribution < 1.29 is 0 Å². The molecule has 0 N–H and O–H groups in total. The highest BCUT2D eigenvalue weighted by atomic mass is 79.9. The van der Waals surface area contributed by atoms with Crippen molar-refractivity contribution in [2.45, 2.75) is 6.42 Å². The van der Waals surface area contributed by atoms with Gasteiger partial charge in [0.05, 0.1) is 0 Å². The Balaban J connectivity index is 2.06. The molecular formula is C21H13Br. The lowest BCUT2D eigenvalue weighted by Gasteiger charge is -2.12. The molecule has 0 nitrogen and oxygen atoms in total. The van der Waals surface area contributed by atoms with Crippen molar-refractivity contribution in [3.63, 3.8) is 0 Å². The molecule has 0 amide bonds. The van der Waals surface area contributed by atoms with Crippen LogP contribution in [0.4, 0.5) is 0 Å². The van der Waals surface area contributed by atoms with E-state index in [2.05, 4.69) is 82.7 Å². The molecule has 1 aliphatic carbocycles. The first-order valence-electron chi connectivity index (χ1n) is 7.54. The molecule has 4 aromatic rings. The molecule has 4 aromatic carbocycles. The summed E-state index contributed by atoms with van der Waals surface area (Å²) in [6.45, 7) is 0. The zero-order chi connectivity index (χ0) is 14.7. The summed E-state index contributed by atoms with van der Waals surface area (Å²) in [5.74, 6) is 0. The SMILES string of the molecule is Brc1cccc2c1Cc1c-2c2ccccc2c2ccccc12. The molecule has 0 aliphatic heterocycles. The Morgan fingerprint density at radius 2 is 1.23 bits per heavy atom. The molecule has 1 aliphatic rings. The summed E-state index contributed by atoms with van der Waals surface area (Å²) in [5.41, 5.74) is 5.69. The van der Waals surface area contributed by atoms with Crippen LogP contribution in [-0.2, 0) is 6.42 Å². The average Bonchev–Trinajstić information content (AvgIpc) is 2.97. The van der Waals surface area contributed by atoms with Crippen molar-refractivity contribution in [2.75, 3.05) is 0 Å². The van der Waals surface area contributed by atoms with Crippen molar-refractivity contribution in [1.82, 2.24) is 0 Å². The van der Waals surface area contributed by atoms with E-state index < -0.39 is 0 Å². The second-order valence-corrected chi connectivity index (χ2v) is 6.74. The number of rotatable bonds is 0. The summed E-state index contributed by atoms with van der Waals surface area (Å²) in [6, 6.07) is 24.1. The Hall–Kier alpha value is -2.12. The number of hydrogen-bond acceptors (Lipinski definition) is 0. The first-order chi connectivity index (χ1) is 10.8. The highest BCUT2D eigenvalue weighted by molar-refractivity contribution is 9.10. The smallest absolute Gasteiger partial charge is 0.0216 e. The van der Waals surface area contributed by atoms with Crippen LogP contribution in [0.25, 0.3) is 32.7 Å². The Morgan fingerprint density at radius 1 is 0.591 bits per heavy atom. The van der Waals surface area contributed by atoms with Crippen molar-refractivity contribution in [2.24, 2.45) is 0 Å². The Morgan fingerprint density at radius 3 is 2.00 bits per heavy atom. The van der Waals surface area contributed by atoms with Gasteiger partial charge in [0.15, 0.2) is 0 Å². The van der Waals surface area contributed by atoms with Crippen LogP contribution in [0.1, 0.15) is 11.1 Å². The molecule has 5 rings (SSSR count). The van der Waals surface area contributed by atoms with Crippen LogP contribution >= 0.6 is 15.9 Å². The van der Waals surface area contributed by atoms with Crippen LogP contribution in [0.5, 0.6) is 0 Å². The first kappa shape index (κ1) is 12.4. The Bertz CT molecular complexity index is 1060. The van der Waals surface area contributed by atoms with Gasteiger partial charge < -0.3 is 0 Å². The average molecular weight is 345 g/mol. The van der Waals surface area contributed by atoms with Gasteiger partial charge in [-0.15, -0.1) is 0 Å². The topological polar surface area (TPSA) is 0 Å². The quantitative estimate of drug-likeness (QED) is 0.288. The third-order valence-electron chi connectivity index (χ3n) is 4.78. The fraction of sp³-hybridized carbons (Fsp3) is 0.0476. The highest BCUT2D eigenvalue weighted by Gasteiger charge is 2.24. The molecule has 1 heteroatoms. The summed E-state index contributed by atoms with van der Waals surface area (Å²) in [7, 11) is 0. The second kappa shape index (κ2) is 4.44. The van der Waals surface area contributed by atoms with Gasteiger partial charge in [-0.2, -0.15) is 0 Å². The number of halogens is 1. The van der Waals surface area contributed by atoms with E-state index in [4.69, 9.17) is 0 Å². The van der Waals surface area contributed by atoms with E-state index in [1.54, 1.807) is 0 Å². The maximum absolute atomic E-state index is 3.73. The van der Waals surface area contributed by atoms with Gasteiger partial charge in [-0.05, 0) is 49.9 Å². The van der Waals surface area contributed by atoms with Crippen molar-refractivity contribution in [3.05, 3.63) is 82.3 Å². The zero-order valence-corrected chi connectivity index (χ0v) is 13.5. The van der Waals surface area contributed by atoms with E-state index >= 15 is 0 Å². The van der Waals surface area contributed by atoms with Crippen LogP contribution in [0.3, 0.4) is 0 Å². The second-order valence-electron chi connectivity index (χ2n) is 5.89. The molecule has 22 heavy (non-hydrogen) atoms. The molecule has 0 heterocycles. The van der Waals surface area contributed by atoms with Crippen molar-refractivity contribution >= 4 is 37.5 Å². The van der Waals surface area contributed by atoms with Gasteiger partial charge in [0, 0.05) is 10.9 Å². The van der Waals surface area contributed by atoms with Gasteiger partial charge in [-0.1, -0.05) is 76.6 Å². The molecule has 0 fully saturated rings. The van der Waals surface area contributed by atoms with Crippen LogP contribution in [0.2, 0.25) is 0 Å². The maximum atomic E-state index is 3.73. The lowest BCUT2D eigenvalue weighted by Crippen LogP contribution is -1.87. The van der Waals surface area contributed by atoms with Crippen molar-refractivity contribution in [3.8, 4) is 11.1 Å². The molecule has 0 saturated heterocycles. The van der Waals surface area contributed by atoms with E-state index in [1.165, 1.54) is 48.3 Å². The van der Waals surface area contributed by atoms with Gasteiger partial charge in [0.2, 0.25) is 0 Å². The third kappa shape index (κ3) is 1.52. The van der Waals surface area contributed by atoms with Crippen LogP contribution < -0.4 is 0 Å². The number of benzene rings is 4. The van der Waals surface area contributed by atoms with Gasteiger partial charge in [-0.25, -0.2) is 0 Å². The summed E-state index contributed by atoms with van der Waals surface area (Å²) in [4.78, 5) is 0. The van der Waals surface area contributed by atoms with E-state index in [0.29, 0.717) is 0 Å². The predicted octanol–water partition coefficient (Wildman–Crippen LogP) is 6.33. The molecule has 0 bridgehead atoms. The van der Waals surface area contributed by atoms with E-state index in [1.807, 2.05) is 0 Å². The summed E-state index contributed by atoms with van der Waals surface area (Å²) in [5, 5.41) is 5.47. The van der Waals surface area contributed by atoms with Crippen LogP contribution in [-0.4, -0.2) is 0 Å². The first-order valence-corrected chi connectivity index (χ1v) is 8.34. The molecule has 0 saturated carbocycles. The molecule has 0 spiro atoms. The third-order valence-corrected chi connectivity index (χ3v) is 5.53. The van der Waals surface area contributed by atoms with Gasteiger partial charge in [0.25, 0.3) is 0 Å². The largest absolute Gasteiger partial charge is 0.0616 e. The normalized spacial score (nSPS) is 12.6. The minimum Gasteiger partial charge on any atom is -0.0616 e. The van der Waals surface area contributed by atoms with Crippen LogP contribution in [0, 0.1) is 0 Å². The molecule has 0 unspecified atom stereocenters. The maximum Gasteiger partial charge on any atom is 0.0216 e. The van der Waals surface area contributed by atoms with E-state index in [0.717, 1.165) is 6.42 Å². The number of hydrogen-bond donors (Lipinski definition) is 0. The van der Waals surface area contributed by atoms with Gasteiger partial charge >= 0.3 is 0 Å². The van der Waals surface area contributed by atoms with E-state index in [-0.39, 0.29) is 0 Å². The van der Waals surface area contributed by atoms with Gasteiger partial charge in [-0.3, -0.25) is 0 Å². The summed E-state index contributed by atoms with van der Waals surface area (Å²) < 4.78 is 1.22. The van der Waals surface area contributed by atoms with Crippen molar-refractivity contribution in [1.29, 1.82) is 0 Å². The monoisotopic (exact) mass is 344 g/mol. The standard InChI is InChI=1S/C21H13Br/c22-20-11-5-10-17-18(20)12-19-15-8-2-1-6-13(15)14-7-3-4-9-16(14)21(17)19/h1-11H,12H2. The summed E-state index contributed by atoms with van der Waals surface area (Å²) >= 11 is 3.73. The predicted molar refractivity (Wildman–Crippen MR) is 97.4 cm³/mol. The Labute approximate surface area is 137 Å². The molecular weight excluding hydrogens is 332 g/mol. The Kier molecular flexibility index (Phi) is 2.51.